The molecule has 1 N–H and O–H groups in total. The van der Waals surface area contributed by atoms with E-state index in [1.54, 1.807) is 6.26 Å². The van der Waals surface area contributed by atoms with Gasteiger partial charge in [-0.15, -0.1) is 0 Å². The highest BCUT2D eigenvalue weighted by atomic mass is 32.1. The van der Waals surface area contributed by atoms with Gasteiger partial charge in [0.05, 0.1) is 17.1 Å². The van der Waals surface area contributed by atoms with Crippen LogP contribution in [0, 0.1) is 6.92 Å². The first-order valence-corrected chi connectivity index (χ1v) is 17.8. The second kappa shape index (κ2) is 13.7. The molecule has 9 rings (SSSR count). The molecule has 0 radical (unpaired) electrons. The molecular weight excluding hydrogens is 613 g/mol. The molecule has 1 aliphatic heterocycles. The van der Waals surface area contributed by atoms with E-state index in [2.05, 4.69) is 189 Å². The van der Waals surface area contributed by atoms with Crippen molar-refractivity contribution in [2.75, 3.05) is 6.26 Å². The van der Waals surface area contributed by atoms with Crippen LogP contribution in [0.15, 0.2) is 164 Å². The van der Waals surface area contributed by atoms with Crippen molar-refractivity contribution in [3.8, 4) is 16.8 Å². The Kier molecular flexibility index (Phi) is 9.03. The summed E-state index contributed by atoms with van der Waals surface area (Å²) in [4.78, 5) is 0. The lowest BCUT2D eigenvalue weighted by atomic mass is 9.80. The number of hydrogen-bond acceptors (Lipinski definition) is 2. The standard InChI is InChI=1S/C38H30N2.C7H8.CH4S/c1-38(2)31-17-10-9-16-28(31)29-21-23-35-36(37(29)38)30-24-26(20-22-34(30)40(35)27-14-7-4-8-15-27)33-19-11-18-32(39-33)25-12-5-3-6-13-25;1-7-5-3-2-4-6-7;1-2/h3-24,33,39H,1-2H3;2-6H,1H3;2H,1H3. The average Bonchev–Trinajstić information content (AvgIpc) is 3.62. The minimum atomic E-state index is -0.0938. The molecule has 49 heavy (non-hydrogen) atoms. The zero-order valence-electron chi connectivity index (χ0n) is 28.6. The van der Waals surface area contributed by atoms with E-state index in [0.717, 1.165) is 5.70 Å². The molecule has 2 nitrogen and oxygen atoms in total. The fourth-order valence-corrected chi connectivity index (χ4v) is 7.50. The van der Waals surface area contributed by atoms with Crippen molar-refractivity contribution < 1.29 is 0 Å². The largest absolute Gasteiger partial charge is 0.374 e. The fourth-order valence-electron chi connectivity index (χ4n) is 7.50. The summed E-state index contributed by atoms with van der Waals surface area (Å²) in [5.74, 6) is 0. The monoisotopic (exact) mass is 654 g/mol. The van der Waals surface area contributed by atoms with Crippen LogP contribution in [-0.2, 0) is 5.41 Å². The average molecular weight is 655 g/mol. The summed E-state index contributed by atoms with van der Waals surface area (Å²) >= 11 is 3.53. The zero-order chi connectivity index (χ0) is 34.0. The quantitative estimate of drug-likeness (QED) is 0.181. The molecule has 0 amide bonds. The number of rotatable bonds is 3. The van der Waals surface area contributed by atoms with Gasteiger partial charge in [-0.3, -0.25) is 0 Å². The van der Waals surface area contributed by atoms with Crippen molar-refractivity contribution >= 4 is 40.1 Å². The molecule has 2 aliphatic rings. The number of thiol groups is 1. The molecule has 0 saturated heterocycles. The normalized spacial score (nSPS) is 15.2. The van der Waals surface area contributed by atoms with E-state index >= 15 is 0 Å². The molecule has 7 aromatic rings. The number of aromatic nitrogens is 1. The van der Waals surface area contributed by atoms with Crippen molar-refractivity contribution in [3.05, 3.63) is 192 Å². The number of dihydropyridines is 1. The highest BCUT2D eigenvalue weighted by Gasteiger charge is 2.38. The summed E-state index contributed by atoms with van der Waals surface area (Å²) in [6.07, 6.45) is 8.30. The zero-order valence-corrected chi connectivity index (χ0v) is 29.5. The van der Waals surface area contributed by atoms with Crippen LogP contribution < -0.4 is 5.32 Å². The first-order chi connectivity index (χ1) is 24.0. The van der Waals surface area contributed by atoms with Gasteiger partial charge in [-0.25, -0.2) is 0 Å². The van der Waals surface area contributed by atoms with E-state index in [9.17, 15) is 0 Å². The lowest BCUT2D eigenvalue weighted by Crippen LogP contribution is -2.20. The van der Waals surface area contributed by atoms with E-state index in [1.165, 1.54) is 66.4 Å². The van der Waals surface area contributed by atoms with Crippen LogP contribution in [0.5, 0.6) is 0 Å². The Balaban J connectivity index is 0.000000372. The second-order valence-electron chi connectivity index (χ2n) is 13.1. The Morgan fingerprint density at radius 3 is 1.98 bits per heavy atom. The molecule has 3 heteroatoms. The predicted molar refractivity (Wildman–Crippen MR) is 214 cm³/mol. The summed E-state index contributed by atoms with van der Waals surface area (Å²) in [7, 11) is 0. The van der Waals surface area contributed by atoms with Crippen LogP contribution in [0.4, 0.5) is 0 Å². The van der Waals surface area contributed by atoms with Gasteiger partial charge < -0.3 is 9.88 Å². The van der Waals surface area contributed by atoms with Crippen LogP contribution in [0.3, 0.4) is 0 Å². The molecule has 2 heterocycles. The maximum Gasteiger partial charge on any atom is 0.0701 e. The number of nitrogens with one attached hydrogen (secondary N) is 1. The Morgan fingerprint density at radius 1 is 0.653 bits per heavy atom. The third-order valence-electron chi connectivity index (χ3n) is 9.75. The molecule has 6 aromatic carbocycles. The fraction of sp³-hybridized carbons (Fsp3) is 0.130. The number of fused-ring (bicyclic) bond motifs is 7. The summed E-state index contributed by atoms with van der Waals surface area (Å²) in [6, 6.07) is 52.3. The smallest absolute Gasteiger partial charge is 0.0701 e. The van der Waals surface area contributed by atoms with Crippen LogP contribution in [0.1, 0.15) is 47.7 Å². The second-order valence-corrected chi connectivity index (χ2v) is 13.1. The van der Waals surface area contributed by atoms with Gasteiger partial charge in [0.25, 0.3) is 0 Å². The highest BCUT2D eigenvalue weighted by molar-refractivity contribution is 7.79. The number of nitrogens with zero attached hydrogens (tertiary/aromatic N) is 1. The molecule has 242 valence electrons. The minimum absolute atomic E-state index is 0.0938. The predicted octanol–water partition coefficient (Wildman–Crippen LogP) is 11.9. The number of aryl methyl sites for hydroxylation is 1. The van der Waals surface area contributed by atoms with Gasteiger partial charge in [-0.05, 0) is 83.0 Å². The molecule has 0 fully saturated rings. The number of para-hydroxylation sites is 1. The molecule has 1 aromatic heterocycles. The minimum Gasteiger partial charge on any atom is -0.374 e. The molecule has 0 saturated carbocycles. The summed E-state index contributed by atoms with van der Waals surface area (Å²) in [5.41, 5.74) is 14.1. The molecule has 1 atom stereocenters. The van der Waals surface area contributed by atoms with Gasteiger partial charge in [-0.2, -0.15) is 12.6 Å². The van der Waals surface area contributed by atoms with Crippen molar-refractivity contribution in [2.24, 2.45) is 0 Å². The van der Waals surface area contributed by atoms with E-state index in [0.29, 0.717) is 0 Å². The van der Waals surface area contributed by atoms with E-state index in [4.69, 9.17) is 0 Å². The van der Waals surface area contributed by atoms with Crippen LogP contribution >= 0.6 is 12.6 Å². The maximum atomic E-state index is 3.79. The van der Waals surface area contributed by atoms with Crippen molar-refractivity contribution in [2.45, 2.75) is 32.2 Å². The maximum absolute atomic E-state index is 3.79. The SMILES string of the molecule is CC1(C)c2ccccc2-c2ccc3c(c21)c1cc(C2C=CC=C(c4ccccc4)N2)ccc1n3-c1ccccc1.CS.Cc1ccccc1. The molecule has 0 spiro atoms. The van der Waals surface area contributed by atoms with E-state index < -0.39 is 0 Å². The number of benzene rings is 6. The van der Waals surface area contributed by atoms with E-state index in [1.807, 2.05) is 18.2 Å². The molecular formula is C46H42N2S. The third-order valence-corrected chi connectivity index (χ3v) is 9.75. The number of hydrogen-bond donors (Lipinski definition) is 2. The highest BCUT2D eigenvalue weighted by Crippen LogP contribution is 2.53. The van der Waals surface area contributed by atoms with E-state index in [-0.39, 0.29) is 11.5 Å². The van der Waals surface area contributed by atoms with Crippen molar-refractivity contribution in [1.29, 1.82) is 0 Å². The third kappa shape index (κ3) is 5.89. The first-order valence-electron chi connectivity index (χ1n) is 16.9. The molecule has 1 aliphatic carbocycles. The van der Waals surface area contributed by atoms with Crippen molar-refractivity contribution in [1.82, 2.24) is 9.88 Å². The lowest BCUT2D eigenvalue weighted by Gasteiger charge is -2.23. The van der Waals surface area contributed by atoms with Gasteiger partial charge in [0.15, 0.2) is 0 Å². The van der Waals surface area contributed by atoms with Crippen LogP contribution in [-0.4, -0.2) is 10.8 Å². The summed E-state index contributed by atoms with van der Waals surface area (Å²) in [6.45, 7) is 6.85. The summed E-state index contributed by atoms with van der Waals surface area (Å²) < 4.78 is 2.44. The van der Waals surface area contributed by atoms with Gasteiger partial charge in [0, 0.05) is 27.6 Å². The van der Waals surface area contributed by atoms with Crippen LogP contribution in [0.2, 0.25) is 0 Å². The topological polar surface area (TPSA) is 17.0 Å². The van der Waals surface area contributed by atoms with Gasteiger partial charge in [0.2, 0.25) is 0 Å². The van der Waals surface area contributed by atoms with Gasteiger partial charge in [-0.1, -0.05) is 147 Å². The lowest BCUT2D eigenvalue weighted by molar-refractivity contribution is 0.666. The first kappa shape index (κ1) is 32.3. The van der Waals surface area contributed by atoms with Crippen molar-refractivity contribution in [3.63, 3.8) is 0 Å². The summed E-state index contributed by atoms with van der Waals surface area (Å²) in [5, 5.41) is 6.45. The van der Waals surface area contributed by atoms with Crippen LogP contribution in [0.25, 0.3) is 44.3 Å². The Labute approximate surface area is 295 Å². The molecule has 1 unspecified atom stereocenters. The number of allylic oxidation sites excluding steroid dienone is 2. The van der Waals surface area contributed by atoms with Gasteiger partial charge in [0.1, 0.15) is 0 Å². The Morgan fingerprint density at radius 2 is 1.29 bits per heavy atom. The molecule has 0 bridgehead atoms. The Hall–Kier alpha value is -5.25. The Bertz CT molecular complexity index is 2300. The van der Waals surface area contributed by atoms with Gasteiger partial charge >= 0.3 is 0 Å².